The molecule has 0 bridgehead atoms. The molecule has 162 valence electrons. The van der Waals surface area contributed by atoms with Gasteiger partial charge >= 0.3 is 0 Å². The van der Waals surface area contributed by atoms with Crippen LogP contribution in [0.15, 0.2) is 72.9 Å². The highest BCUT2D eigenvalue weighted by atomic mass is 35.5. The number of hydrogen-bond acceptors (Lipinski definition) is 5. The van der Waals surface area contributed by atoms with Gasteiger partial charge in [0.1, 0.15) is 0 Å². The molecule has 31 heavy (non-hydrogen) atoms. The molecule has 1 aliphatic heterocycles. The fourth-order valence-corrected chi connectivity index (χ4v) is 4.27. The zero-order valence-electron chi connectivity index (χ0n) is 17.1. The van der Waals surface area contributed by atoms with Gasteiger partial charge in [-0.2, -0.15) is 5.10 Å². The Morgan fingerprint density at radius 3 is 2.32 bits per heavy atom. The highest BCUT2D eigenvalue weighted by Crippen LogP contribution is 2.27. The lowest BCUT2D eigenvalue weighted by Crippen LogP contribution is -2.43. The largest absolute Gasteiger partial charge is 0.299 e. The third-order valence-corrected chi connectivity index (χ3v) is 5.89. The summed E-state index contributed by atoms with van der Waals surface area (Å²) in [5.74, 6) is 0.552. The molecular formula is C24H26Cl2N4O. The van der Waals surface area contributed by atoms with Crippen LogP contribution in [-0.2, 0) is 6.54 Å². The van der Waals surface area contributed by atoms with Crippen molar-refractivity contribution in [3.05, 3.63) is 78.5 Å². The van der Waals surface area contributed by atoms with Gasteiger partial charge in [-0.25, -0.2) is 5.06 Å². The number of hydroxylamine groups is 1. The van der Waals surface area contributed by atoms with Crippen molar-refractivity contribution in [3.8, 4) is 0 Å². The van der Waals surface area contributed by atoms with E-state index in [4.69, 9.17) is 0 Å². The smallest absolute Gasteiger partial charge is 0.182 e. The Bertz CT molecular complexity index is 1140. The second-order valence-electron chi connectivity index (χ2n) is 7.79. The summed E-state index contributed by atoms with van der Waals surface area (Å²) in [6.45, 7) is 2.84. The van der Waals surface area contributed by atoms with Gasteiger partial charge in [0.05, 0.1) is 12.2 Å². The van der Waals surface area contributed by atoms with Crippen molar-refractivity contribution in [3.63, 3.8) is 0 Å². The molecule has 4 aromatic rings. The topological polar surface area (TPSA) is 52.5 Å². The number of rotatable bonds is 4. The zero-order chi connectivity index (χ0) is 19.6. The van der Waals surface area contributed by atoms with Crippen molar-refractivity contribution in [2.45, 2.75) is 25.4 Å². The summed E-state index contributed by atoms with van der Waals surface area (Å²) >= 11 is 0. The Hall–Kier alpha value is -2.44. The van der Waals surface area contributed by atoms with Crippen molar-refractivity contribution in [1.82, 2.24) is 15.1 Å². The van der Waals surface area contributed by atoms with Gasteiger partial charge in [-0.3, -0.25) is 10.1 Å². The number of piperidine rings is 1. The lowest BCUT2D eigenvalue weighted by molar-refractivity contribution is 0.138. The van der Waals surface area contributed by atoms with E-state index in [9.17, 15) is 5.21 Å². The minimum Gasteiger partial charge on any atom is -0.299 e. The summed E-state index contributed by atoms with van der Waals surface area (Å²) < 4.78 is 0. The lowest BCUT2D eigenvalue weighted by Gasteiger charge is -2.35. The third-order valence-electron chi connectivity index (χ3n) is 5.89. The average Bonchev–Trinajstić information content (AvgIpc) is 2.79. The number of aromatic nitrogens is 2. The van der Waals surface area contributed by atoms with Gasteiger partial charge in [-0.05, 0) is 35.2 Å². The van der Waals surface area contributed by atoms with Gasteiger partial charge in [-0.15, -0.1) is 29.9 Å². The van der Waals surface area contributed by atoms with Crippen LogP contribution in [0.5, 0.6) is 0 Å². The van der Waals surface area contributed by atoms with Crippen LogP contribution in [0.2, 0.25) is 0 Å². The summed E-state index contributed by atoms with van der Waals surface area (Å²) in [5, 5.41) is 25.0. The number of anilines is 1. The first kappa shape index (κ1) is 23.2. The quantitative estimate of drug-likeness (QED) is 0.411. The van der Waals surface area contributed by atoms with Crippen LogP contribution in [0.4, 0.5) is 5.82 Å². The maximum absolute atomic E-state index is 10.8. The standard InChI is InChI=1S/C24H24N4O.2ClH/c29-28(24-23-8-4-3-7-21(23)16-25-26-24)22-11-13-27(14-12-22)17-18-9-10-19-5-1-2-6-20(19)15-18;;/h1-10,15-16,22,29H,11-14,17H2;2*1H. The fraction of sp³-hybridized carbons (Fsp3) is 0.250. The fourth-order valence-electron chi connectivity index (χ4n) is 4.27. The highest BCUT2D eigenvalue weighted by molar-refractivity contribution is 5.91. The summed E-state index contributed by atoms with van der Waals surface area (Å²) in [5.41, 5.74) is 1.34. The molecule has 1 aliphatic rings. The SMILES string of the molecule is Cl.Cl.ON(c1nncc2ccccc12)C1CCN(Cc2ccc3ccccc3c2)CC1. The normalized spacial score (nSPS) is 14.7. The monoisotopic (exact) mass is 456 g/mol. The van der Waals surface area contributed by atoms with Crippen LogP contribution in [-0.4, -0.2) is 39.4 Å². The van der Waals surface area contributed by atoms with E-state index < -0.39 is 0 Å². The van der Waals surface area contributed by atoms with Crippen molar-refractivity contribution >= 4 is 52.2 Å². The van der Waals surface area contributed by atoms with Gasteiger partial charge in [0.2, 0.25) is 0 Å². The number of likely N-dealkylation sites (tertiary alicyclic amines) is 1. The van der Waals surface area contributed by atoms with Gasteiger partial charge in [0, 0.05) is 30.4 Å². The van der Waals surface area contributed by atoms with Crippen LogP contribution in [0.25, 0.3) is 21.5 Å². The van der Waals surface area contributed by atoms with E-state index in [1.54, 1.807) is 6.20 Å². The predicted octanol–water partition coefficient (Wildman–Crippen LogP) is 5.49. The number of nitrogens with zero attached hydrogens (tertiary/aromatic N) is 4. The lowest BCUT2D eigenvalue weighted by atomic mass is 10.0. The minimum absolute atomic E-state index is 0. The van der Waals surface area contributed by atoms with Crippen LogP contribution in [0.1, 0.15) is 18.4 Å². The molecule has 5 nitrogen and oxygen atoms in total. The molecule has 3 aromatic carbocycles. The Kier molecular flexibility index (Phi) is 7.68. The number of hydrogen-bond donors (Lipinski definition) is 1. The van der Waals surface area contributed by atoms with Crippen molar-refractivity contribution in [2.75, 3.05) is 18.2 Å². The zero-order valence-corrected chi connectivity index (χ0v) is 18.7. The Morgan fingerprint density at radius 1 is 0.871 bits per heavy atom. The second kappa shape index (κ2) is 10.2. The summed E-state index contributed by atoms with van der Waals surface area (Å²) in [7, 11) is 0. The van der Waals surface area contributed by atoms with Crippen molar-refractivity contribution < 1.29 is 5.21 Å². The number of halogens is 2. The maximum atomic E-state index is 10.8. The molecule has 0 amide bonds. The molecule has 7 heteroatoms. The Labute approximate surface area is 194 Å². The summed E-state index contributed by atoms with van der Waals surface area (Å²) in [6.07, 6.45) is 3.53. The van der Waals surface area contributed by atoms with E-state index in [1.165, 1.54) is 21.4 Å². The maximum Gasteiger partial charge on any atom is 0.182 e. The van der Waals surface area contributed by atoms with Gasteiger partial charge in [-0.1, -0.05) is 60.7 Å². The van der Waals surface area contributed by atoms with Gasteiger partial charge in [0.15, 0.2) is 5.82 Å². The van der Waals surface area contributed by atoms with Gasteiger partial charge < -0.3 is 0 Å². The second-order valence-corrected chi connectivity index (χ2v) is 7.79. The molecule has 0 aliphatic carbocycles. The van der Waals surface area contributed by atoms with Crippen LogP contribution >= 0.6 is 24.8 Å². The molecule has 5 rings (SSSR count). The van der Waals surface area contributed by atoms with E-state index in [0.717, 1.165) is 43.2 Å². The highest BCUT2D eigenvalue weighted by Gasteiger charge is 2.26. The predicted molar refractivity (Wildman–Crippen MR) is 131 cm³/mol. The molecule has 1 N–H and O–H groups in total. The number of fused-ring (bicyclic) bond motifs is 2. The summed E-state index contributed by atoms with van der Waals surface area (Å²) in [4.78, 5) is 2.46. The number of benzene rings is 3. The minimum atomic E-state index is 0. The molecule has 2 heterocycles. The molecule has 0 saturated carbocycles. The molecule has 0 spiro atoms. The first-order valence-corrected chi connectivity index (χ1v) is 10.2. The van der Waals surface area contributed by atoms with E-state index >= 15 is 0 Å². The molecule has 0 atom stereocenters. The Balaban J connectivity index is 0.00000136. The van der Waals surface area contributed by atoms with Crippen molar-refractivity contribution in [2.24, 2.45) is 0 Å². The van der Waals surface area contributed by atoms with E-state index in [-0.39, 0.29) is 30.9 Å². The molecule has 0 radical (unpaired) electrons. The van der Waals surface area contributed by atoms with Crippen LogP contribution in [0, 0.1) is 0 Å². The molecular weight excluding hydrogens is 431 g/mol. The van der Waals surface area contributed by atoms with Crippen LogP contribution in [0.3, 0.4) is 0 Å². The van der Waals surface area contributed by atoms with Crippen molar-refractivity contribution in [1.29, 1.82) is 0 Å². The van der Waals surface area contributed by atoms with E-state index in [0.29, 0.717) is 5.82 Å². The molecule has 1 aromatic heterocycles. The average molecular weight is 457 g/mol. The third kappa shape index (κ3) is 4.91. The molecule has 1 saturated heterocycles. The molecule has 0 unspecified atom stereocenters. The van der Waals surface area contributed by atoms with Gasteiger partial charge in [0.25, 0.3) is 0 Å². The van der Waals surface area contributed by atoms with E-state index in [1.807, 2.05) is 24.3 Å². The first-order chi connectivity index (χ1) is 14.3. The summed E-state index contributed by atoms with van der Waals surface area (Å²) in [6, 6.07) is 23.2. The first-order valence-electron chi connectivity index (χ1n) is 10.2. The van der Waals surface area contributed by atoms with E-state index in [2.05, 4.69) is 57.6 Å². The Morgan fingerprint density at radius 2 is 1.55 bits per heavy atom. The van der Waals surface area contributed by atoms with Crippen LogP contribution < -0.4 is 5.06 Å². The molecule has 1 fully saturated rings.